The number of hydrogen-bond donors (Lipinski definition) is 2. The lowest BCUT2D eigenvalue weighted by Crippen LogP contribution is -2.05. The van der Waals surface area contributed by atoms with Gasteiger partial charge in [-0.15, -0.1) is 0 Å². The van der Waals surface area contributed by atoms with Crippen LogP contribution < -0.4 is 5.73 Å². The molecule has 0 unspecified atom stereocenters. The molecule has 29 heavy (non-hydrogen) atoms. The Bertz CT molecular complexity index is 1030. The van der Waals surface area contributed by atoms with Crippen LogP contribution in [0.2, 0.25) is 0 Å². The predicted molar refractivity (Wildman–Crippen MR) is 114 cm³/mol. The molecule has 150 valence electrons. The van der Waals surface area contributed by atoms with Crippen LogP contribution in [0.5, 0.6) is 0 Å². The number of aromatic amines is 1. The van der Waals surface area contributed by atoms with Crippen molar-refractivity contribution in [3.63, 3.8) is 0 Å². The largest absolute Gasteiger partial charge is 0.462 e. The molecule has 1 heterocycles. The maximum atomic E-state index is 12.3. The smallest absolute Gasteiger partial charge is 0.340 e. The number of nitriles is 1. The molecule has 0 aliphatic carbocycles. The number of nitrogen functional groups attached to an aromatic ring is 1. The fraction of sp³-hybridized carbons (Fsp3) is 0.217. The fourth-order valence-electron chi connectivity index (χ4n) is 2.96. The van der Waals surface area contributed by atoms with Crippen LogP contribution in [-0.2, 0) is 9.47 Å². The summed E-state index contributed by atoms with van der Waals surface area (Å²) in [6.45, 7) is 3.97. The summed E-state index contributed by atoms with van der Waals surface area (Å²) >= 11 is 0. The van der Waals surface area contributed by atoms with Crippen molar-refractivity contribution in [3.05, 3.63) is 65.5 Å². The highest BCUT2D eigenvalue weighted by Gasteiger charge is 2.20. The summed E-state index contributed by atoms with van der Waals surface area (Å²) in [6, 6.07) is 15.2. The molecule has 3 N–H and O–H groups in total. The second-order valence-corrected chi connectivity index (χ2v) is 6.33. The van der Waals surface area contributed by atoms with Gasteiger partial charge in [-0.05, 0) is 49.2 Å². The first-order valence-corrected chi connectivity index (χ1v) is 9.12. The van der Waals surface area contributed by atoms with Crippen LogP contribution in [-0.4, -0.2) is 31.8 Å². The molecule has 0 spiro atoms. The Morgan fingerprint density at radius 1 is 1.17 bits per heavy atom. The highest BCUT2D eigenvalue weighted by Crippen LogP contribution is 2.35. The minimum Gasteiger partial charge on any atom is -0.462 e. The van der Waals surface area contributed by atoms with Gasteiger partial charge < -0.3 is 20.2 Å². The van der Waals surface area contributed by atoms with Crippen molar-refractivity contribution < 1.29 is 14.3 Å². The molecule has 2 aromatic carbocycles. The molecular weight excluding hydrogens is 366 g/mol. The van der Waals surface area contributed by atoms with Gasteiger partial charge in [-0.2, -0.15) is 5.26 Å². The van der Waals surface area contributed by atoms with E-state index in [4.69, 9.17) is 15.7 Å². The van der Waals surface area contributed by atoms with E-state index in [1.54, 1.807) is 33.4 Å². The summed E-state index contributed by atoms with van der Waals surface area (Å²) in [4.78, 5) is 15.4. The van der Waals surface area contributed by atoms with Gasteiger partial charge >= 0.3 is 5.97 Å². The standard InChI is InChI=1S/C21H19N3O2.C2H6O/c1-3-26-21(25)18-12-24-13(2)20(18)17-10-16(7-8-19(17)23)15-6-4-5-14(9-15)11-22;1-3-2/h4-10,12,24H,3,23H2,1-2H3;1-2H3. The Labute approximate surface area is 170 Å². The molecule has 0 radical (unpaired) electrons. The molecule has 0 saturated heterocycles. The van der Waals surface area contributed by atoms with Crippen molar-refractivity contribution in [1.29, 1.82) is 5.26 Å². The summed E-state index contributed by atoms with van der Waals surface area (Å²) < 4.78 is 9.40. The summed E-state index contributed by atoms with van der Waals surface area (Å²) in [5.41, 5.74) is 12.0. The van der Waals surface area contributed by atoms with E-state index < -0.39 is 0 Å². The van der Waals surface area contributed by atoms with Gasteiger partial charge in [-0.1, -0.05) is 18.2 Å². The van der Waals surface area contributed by atoms with Gasteiger partial charge in [-0.25, -0.2) is 4.79 Å². The molecule has 6 nitrogen and oxygen atoms in total. The van der Waals surface area contributed by atoms with Crippen molar-refractivity contribution in [1.82, 2.24) is 4.98 Å². The number of nitrogens with zero attached hydrogens (tertiary/aromatic N) is 1. The van der Waals surface area contributed by atoms with Gasteiger partial charge in [0.1, 0.15) is 0 Å². The van der Waals surface area contributed by atoms with Crippen molar-refractivity contribution in [3.8, 4) is 28.3 Å². The van der Waals surface area contributed by atoms with E-state index in [0.29, 0.717) is 23.4 Å². The number of benzene rings is 2. The number of carbonyl (C=O) groups excluding carboxylic acids is 1. The molecule has 0 fully saturated rings. The summed E-state index contributed by atoms with van der Waals surface area (Å²) in [5, 5.41) is 9.12. The zero-order valence-electron chi connectivity index (χ0n) is 17.1. The van der Waals surface area contributed by atoms with E-state index in [0.717, 1.165) is 27.9 Å². The van der Waals surface area contributed by atoms with Crippen LogP contribution in [0, 0.1) is 18.3 Å². The first kappa shape index (κ1) is 21.7. The second kappa shape index (κ2) is 10.1. The van der Waals surface area contributed by atoms with E-state index in [-0.39, 0.29) is 5.97 Å². The van der Waals surface area contributed by atoms with Crippen LogP contribution in [0.25, 0.3) is 22.3 Å². The van der Waals surface area contributed by atoms with Gasteiger partial charge in [0.05, 0.1) is 23.8 Å². The van der Waals surface area contributed by atoms with Crippen molar-refractivity contribution in [2.45, 2.75) is 13.8 Å². The number of ether oxygens (including phenoxy) is 2. The molecule has 0 bridgehead atoms. The van der Waals surface area contributed by atoms with Crippen molar-refractivity contribution in [2.75, 3.05) is 26.6 Å². The number of methoxy groups -OCH3 is 1. The first-order valence-electron chi connectivity index (χ1n) is 9.12. The zero-order chi connectivity index (χ0) is 21.4. The predicted octanol–water partition coefficient (Wildman–Crippen LogP) is 4.55. The Kier molecular flexibility index (Phi) is 7.58. The van der Waals surface area contributed by atoms with Crippen LogP contribution in [0.3, 0.4) is 0 Å². The van der Waals surface area contributed by atoms with E-state index >= 15 is 0 Å². The van der Waals surface area contributed by atoms with Gasteiger partial charge in [0, 0.05) is 42.9 Å². The molecule has 1 aromatic heterocycles. The highest BCUT2D eigenvalue weighted by molar-refractivity contribution is 6.00. The zero-order valence-corrected chi connectivity index (χ0v) is 17.1. The maximum Gasteiger partial charge on any atom is 0.340 e. The van der Waals surface area contributed by atoms with Gasteiger partial charge in [-0.3, -0.25) is 0 Å². The number of anilines is 1. The Morgan fingerprint density at radius 2 is 1.86 bits per heavy atom. The average molecular weight is 391 g/mol. The van der Waals surface area contributed by atoms with Crippen molar-refractivity contribution >= 4 is 11.7 Å². The van der Waals surface area contributed by atoms with E-state index in [1.165, 1.54) is 0 Å². The lowest BCUT2D eigenvalue weighted by Gasteiger charge is -2.11. The Balaban J connectivity index is 0.000000941. The molecule has 0 amide bonds. The number of esters is 1. The van der Waals surface area contributed by atoms with E-state index in [2.05, 4.69) is 15.8 Å². The van der Waals surface area contributed by atoms with Crippen LogP contribution in [0.1, 0.15) is 28.5 Å². The molecule has 0 aliphatic rings. The van der Waals surface area contributed by atoms with Crippen LogP contribution >= 0.6 is 0 Å². The number of nitrogens with one attached hydrogen (secondary N) is 1. The van der Waals surface area contributed by atoms with Crippen molar-refractivity contribution in [2.24, 2.45) is 0 Å². The fourth-order valence-corrected chi connectivity index (χ4v) is 2.96. The third-order valence-electron chi connectivity index (χ3n) is 4.22. The van der Waals surface area contributed by atoms with E-state index in [9.17, 15) is 4.79 Å². The molecule has 3 aromatic rings. The third kappa shape index (κ3) is 5.03. The molecule has 3 rings (SSSR count). The molecule has 0 saturated carbocycles. The SMILES string of the molecule is CCOC(=O)c1c[nH]c(C)c1-c1cc(-c2cccc(C#N)c2)ccc1N.COC. The van der Waals surface area contributed by atoms with Gasteiger partial charge in [0.25, 0.3) is 0 Å². The van der Waals surface area contributed by atoms with Crippen LogP contribution in [0.4, 0.5) is 5.69 Å². The number of hydrogen-bond acceptors (Lipinski definition) is 5. The van der Waals surface area contributed by atoms with Gasteiger partial charge in [0.15, 0.2) is 0 Å². The molecule has 0 aliphatic heterocycles. The average Bonchev–Trinajstić information content (AvgIpc) is 3.10. The number of H-pyrrole nitrogens is 1. The number of rotatable bonds is 4. The minimum absolute atomic E-state index is 0.305. The molecule has 6 heteroatoms. The third-order valence-corrected chi connectivity index (χ3v) is 4.22. The quantitative estimate of drug-likeness (QED) is 0.502. The number of carbonyl (C=O) groups is 1. The first-order chi connectivity index (χ1) is 14.0. The topological polar surface area (TPSA) is 101 Å². The molecule has 0 atom stereocenters. The highest BCUT2D eigenvalue weighted by atomic mass is 16.5. The monoisotopic (exact) mass is 391 g/mol. The number of aromatic nitrogens is 1. The van der Waals surface area contributed by atoms with Crippen LogP contribution in [0.15, 0.2) is 48.7 Å². The minimum atomic E-state index is -0.386. The number of aryl methyl sites for hydroxylation is 1. The second-order valence-electron chi connectivity index (χ2n) is 6.33. The summed E-state index contributed by atoms with van der Waals surface area (Å²) in [7, 11) is 3.25. The lowest BCUT2D eigenvalue weighted by molar-refractivity contribution is 0.0527. The lowest BCUT2D eigenvalue weighted by atomic mass is 9.95. The maximum absolute atomic E-state index is 12.3. The Hall–Kier alpha value is -3.56. The van der Waals surface area contributed by atoms with E-state index in [1.807, 2.05) is 43.3 Å². The summed E-state index contributed by atoms with van der Waals surface area (Å²) in [6.07, 6.45) is 1.64. The normalized spacial score (nSPS) is 9.90. The van der Waals surface area contributed by atoms with Gasteiger partial charge in [0.2, 0.25) is 0 Å². The number of nitrogens with two attached hydrogens (primary N) is 1. The Morgan fingerprint density at radius 3 is 2.52 bits per heavy atom. The summed E-state index contributed by atoms with van der Waals surface area (Å²) in [5.74, 6) is -0.386. The molecular formula is C23H25N3O3.